The molecule has 0 aliphatic carbocycles. The highest BCUT2D eigenvalue weighted by Gasteiger charge is 2.22. The second kappa shape index (κ2) is 10.4. The number of halogens is 2. The number of hydrogen-bond donors (Lipinski definition) is 1. The number of aromatic nitrogens is 1. The van der Waals surface area contributed by atoms with Gasteiger partial charge in [-0.2, -0.15) is 0 Å². The van der Waals surface area contributed by atoms with Crippen molar-refractivity contribution in [2.24, 2.45) is 4.99 Å². The van der Waals surface area contributed by atoms with Gasteiger partial charge in [0, 0.05) is 58.0 Å². The zero-order valence-electron chi connectivity index (χ0n) is 18.6. The Morgan fingerprint density at radius 1 is 1.18 bits per heavy atom. The third kappa shape index (κ3) is 5.29. The summed E-state index contributed by atoms with van der Waals surface area (Å²) in [5, 5.41) is 3.07. The van der Waals surface area contributed by atoms with Gasteiger partial charge in [-0.1, -0.05) is 35.9 Å². The van der Waals surface area contributed by atoms with E-state index in [-0.39, 0.29) is 17.8 Å². The Morgan fingerprint density at radius 3 is 2.56 bits per heavy atom. The highest BCUT2D eigenvalue weighted by Crippen LogP contribution is 2.30. The van der Waals surface area contributed by atoms with Gasteiger partial charge in [0.05, 0.1) is 13.7 Å². The molecule has 0 saturated carbocycles. The predicted molar refractivity (Wildman–Crippen MR) is 136 cm³/mol. The van der Waals surface area contributed by atoms with Crippen molar-refractivity contribution in [3.8, 4) is 5.75 Å². The summed E-state index contributed by atoms with van der Waals surface area (Å²) in [5.74, 6) is 1.08. The summed E-state index contributed by atoms with van der Waals surface area (Å²) in [6.07, 6.45) is 1.55. The molecule has 1 aliphatic heterocycles. The number of amidine groups is 1. The highest BCUT2D eigenvalue weighted by atomic mass is 79.9. The van der Waals surface area contributed by atoms with E-state index >= 15 is 0 Å². The van der Waals surface area contributed by atoms with Crippen molar-refractivity contribution >= 4 is 50.9 Å². The number of carbonyl (C=O) groups excluding carboxylic acids is 2. The minimum atomic E-state index is -0.434. The van der Waals surface area contributed by atoms with Gasteiger partial charge in [0.2, 0.25) is 0 Å². The topological polar surface area (TPSA) is 83.9 Å². The summed E-state index contributed by atoms with van der Waals surface area (Å²) in [6, 6.07) is 13.9. The largest absolute Gasteiger partial charge is 0.496 e. The minimum Gasteiger partial charge on any atom is -0.496 e. The van der Waals surface area contributed by atoms with E-state index in [0.29, 0.717) is 27.7 Å². The molecule has 1 N–H and O–H groups in total. The number of ketones is 1. The van der Waals surface area contributed by atoms with Crippen LogP contribution in [0.15, 0.2) is 64.2 Å². The van der Waals surface area contributed by atoms with Gasteiger partial charge < -0.3 is 15.0 Å². The first-order valence-corrected chi connectivity index (χ1v) is 11.7. The fourth-order valence-corrected chi connectivity index (χ4v) is 4.17. The van der Waals surface area contributed by atoms with Gasteiger partial charge in [-0.15, -0.1) is 0 Å². The molecule has 4 rings (SSSR count). The van der Waals surface area contributed by atoms with Gasteiger partial charge in [0.25, 0.3) is 5.91 Å². The number of Topliss-reactive ketones (excluding diaryl/α,β-unsaturated/α-hetero) is 1. The molecule has 7 nitrogen and oxygen atoms in total. The molecule has 9 heteroatoms. The number of ether oxygens (including phenoxy) is 1. The Kier molecular flexibility index (Phi) is 7.29. The van der Waals surface area contributed by atoms with Gasteiger partial charge in [-0.3, -0.25) is 14.6 Å². The molecule has 0 unspecified atom stereocenters. The number of rotatable bonds is 7. The van der Waals surface area contributed by atoms with Crippen LogP contribution in [-0.4, -0.2) is 54.7 Å². The van der Waals surface area contributed by atoms with Gasteiger partial charge in [-0.25, -0.2) is 4.98 Å². The van der Waals surface area contributed by atoms with Crippen molar-refractivity contribution in [2.75, 3.05) is 32.6 Å². The van der Waals surface area contributed by atoms with Gasteiger partial charge in [0.15, 0.2) is 5.78 Å². The first kappa shape index (κ1) is 23.9. The molecule has 1 amide bonds. The van der Waals surface area contributed by atoms with Crippen molar-refractivity contribution in [3.05, 3.63) is 86.5 Å². The van der Waals surface area contributed by atoms with Gasteiger partial charge >= 0.3 is 0 Å². The van der Waals surface area contributed by atoms with Crippen LogP contribution in [0.1, 0.15) is 31.8 Å². The first-order chi connectivity index (χ1) is 16.4. The van der Waals surface area contributed by atoms with Crippen LogP contribution < -0.4 is 10.1 Å². The lowest BCUT2D eigenvalue weighted by Crippen LogP contribution is -2.23. The number of pyridine rings is 1. The van der Waals surface area contributed by atoms with Crippen molar-refractivity contribution in [3.63, 3.8) is 0 Å². The third-order valence-corrected chi connectivity index (χ3v) is 6.16. The fraction of sp³-hybridized carbons (Fsp3) is 0.200. The molecule has 0 fully saturated rings. The average Bonchev–Trinajstić information content (AvgIpc) is 3.27. The molecule has 1 aliphatic rings. The molecule has 2 heterocycles. The lowest BCUT2D eigenvalue weighted by molar-refractivity contribution is 0.0991. The lowest BCUT2D eigenvalue weighted by Gasteiger charge is -2.15. The summed E-state index contributed by atoms with van der Waals surface area (Å²) in [6.45, 7) is 1.65. The van der Waals surface area contributed by atoms with E-state index in [0.717, 1.165) is 29.0 Å². The SMILES string of the molecule is COc1cc(Cl)cc(C(=O)Nc2ccc(Br)cn2)c1CC(=O)c1ccc(C2=NCCN2C)cc1. The van der Waals surface area contributed by atoms with Crippen molar-refractivity contribution in [1.82, 2.24) is 9.88 Å². The van der Waals surface area contributed by atoms with E-state index in [9.17, 15) is 9.59 Å². The zero-order chi connectivity index (χ0) is 24.2. The first-order valence-electron chi connectivity index (χ1n) is 10.5. The number of hydrogen-bond acceptors (Lipinski definition) is 6. The molecule has 2 aromatic carbocycles. The van der Waals surface area contributed by atoms with Crippen molar-refractivity contribution < 1.29 is 14.3 Å². The number of benzene rings is 2. The van der Waals surface area contributed by atoms with Crippen molar-refractivity contribution in [2.45, 2.75) is 6.42 Å². The summed E-state index contributed by atoms with van der Waals surface area (Å²) >= 11 is 9.55. The number of methoxy groups -OCH3 is 1. The van der Waals surface area contributed by atoms with Gasteiger partial charge in [-0.05, 0) is 40.2 Å². The normalized spacial score (nSPS) is 12.9. The quantitative estimate of drug-likeness (QED) is 0.431. The Hall–Kier alpha value is -3.23. The summed E-state index contributed by atoms with van der Waals surface area (Å²) in [4.78, 5) is 37.0. The van der Waals surface area contributed by atoms with Gasteiger partial charge in [0.1, 0.15) is 17.4 Å². The zero-order valence-corrected chi connectivity index (χ0v) is 21.0. The van der Waals surface area contributed by atoms with Crippen LogP contribution in [0.25, 0.3) is 0 Å². The lowest BCUT2D eigenvalue weighted by atomic mass is 9.96. The summed E-state index contributed by atoms with van der Waals surface area (Å²) < 4.78 is 6.25. The van der Waals surface area contributed by atoms with Crippen LogP contribution in [0, 0.1) is 0 Å². The Labute approximate surface area is 210 Å². The number of nitrogens with zero attached hydrogens (tertiary/aromatic N) is 3. The maximum absolute atomic E-state index is 13.2. The molecule has 0 spiro atoms. The number of anilines is 1. The maximum Gasteiger partial charge on any atom is 0.257 e. The number of carbonyl (C=O) groups is 2. The van der Waals surface area contributed by atoms with Crippen LogP contribution in [0.5, 0.6) is 5.75 Å². The monoisotopic (exact) mass is 540 g/mol. The van der Waals surface area contributed by atoms with Crippen LogP contribution in [-0.2, 0) is 6.42 Å². The molecule has 3 aromatic rings. The van der Waals surface area contributed by atoms with E-state index < -0.39 is 5.91 Å². The van der Waals surface area contributed by atoms with E-state index in [2.05, 4.69) is 36.1 Å². The minimum absolute atomic E-state index is 0.0307. The maximum atomic E-state index is 13.2. The molecule has 0 bridgehead atoms. The molecular weight excluding hydrogens is 520 g/mol. The van der Waals surface area contributed by atoms with Crippen LogP contribution in [0.2, 0.25) is 5.02 Å². The second-order valence-corrected chi connectivity index (χ2v) is 9.11. The molecule has 1 aromatic heterocycles. The number of aliphatic imine (C=N–C) groups is 1. The van der Waals surface area contributed by atoms with E-state index in [1.165, 1.54) is 13.2 Å². The number of nitrogens with one attached hydrogen (secondary N) is 1. The average molecular weight is 542 g/mol. The Morgan fingerprint density at radius 2 is 1.94 bits per heavy atom. The van der Waals surface area contributed by atoms with Crippen molar-refractivity contribution in [1.29, 1.82) is 0 Å². The Bertz CT molecular complexity index is 1260. The molecule has 34 heavy (non-hydrogen) atoms. The smallest absolute Gasteiger partial charge is 0.257 e. The summed E-state index contributed by atoms with van der Waals surface area (Å²) in [7, 11) is 3.47. The fourth-order valence-electron chi connectivity index (χ4n) is 3.72. The third-order valence-electron chi connectivity index (χ3n) is 5.47. The van der Waals surface area contributed by atoms with E-state index in [4.69, 9.17) is 16.3 Å². The van der Waals surface area contributed by atoms with Crippen LogP contribution in [0.3, 0.4) is 0 Å². The molecule has 0 radical (unpaired) electrons. The molecule has 0 atom stereocenters. The Balaban J connectivity index is 1.59. The van der Waals surface area contributed by atoms with Crippen LogP contribution in [0.4, 0.5) is 5.82 Å². The molecule has 0 saturated heterocycles. The van der Waals surface area contributed by atoms with E-state index in [1.807, 2.05) is 19.2 Å². The number of likely N-dealkylation sites (N-methyl/N-ethyl adjacent to an activating group) is 1. The number of amides is 1. The highest BCUT2D eigenvalue weighted by molar-refractivity contribution is 9.10. The summed E-state index contributed by atoms with van der Waals surface area (Å²) in [5.41, 5.74) is 2.20. The standard InChI is InChI=1S/C25H22BrClN4O3/c1-31-10-9-28-24(31)16-5-3-15(4-6-16)21(32)13-19-20(11-18(27)12-22(19)34-2)25(33)30-23-8-7-17(26)14-29-23/h3-8,11-12,14H,9-10,13H2,1-2H3,(H,29,30,33). The second-order valence-electron chi connectivity index (χ2n) is 7.75. The molecule has 174 valence electrons. The van der Waals surface area contributed by atoms with E-state index in [1.54, 1.807) is 36.5 Å². The molecular formula is C25H22BrClN4O3. The predicted octanol–water partition coefficient (Wildman–Crippen LogP) is 4.88. The van der Waals surface area contributed by atoms with Crippen LogP contribution >= 0.6 is 27.5 Å².